The Morgan fingerprint density at radius 3 is 2.42 bits per heavy atom. The van der Waals surface area contributed by atoms with E-state index in [1.54, 1.807) is 20.8 Å². The van der Waals surface area contributed by atoms with Crippen LogP contribution in [-0.4, -0.2) is 18.4 Å². The standard InChI is InChI=1S/C9H16O3/c1-7(2)12-9(11)5-4-8(3)6-10/h6-8H,4-5H2,1-3H3. The van der Waals surface area contributed by atoms with Crippen LogP contribution in [0.1, 0.15) is 33.6 Å². The van der Waals surface area contributed by atoms with Crippen LogP contribution in [0.3, 0.4) is 0 Å². The molecule has 0 amide bonds. The summed E-state index contributed by atoms with van der Waals surface area (Å²) >= 11 is 0. The number of rotatable bonds is 5. The Morgan fingerprint density at radius 2 is 2.00 bits per heavy atom. The first-order valence-corrected chi connectivity index (χ1v) is 4.21. The summed E-state index contributed by atoms with van der Waals surface area (Å²) in [5, 5.41) is 0. The van der Waals surface area contributed by atoms with E-state index >= 15 is 0 Å². The Kier molecular flexibility index (Phi) is 5.34. The lowest BCUT2D eigenvalue weighted by molar-refractivity contribution is -0.147. The molecule has 0 aromatic carbocycles. The molecule has 0 fully saturated rings. The quantitative estimate of drug-likeness (QED) is 0.467. The van der Waals surface area contributed by atoms with Crippen LogP contribution in [0.15, 0.2) is 0 Å². The molecular formula is C9H16O3. The van der Waals surface area contributed by atoms with Gasteiger partial charge in [-0.25, -0.2) is 0 Å². The van der Waals surface area contributed by atoms with Gasteiger partial charge >= 0.3 is 5.97 Å². The summed E-state index contributed by atoms with van der Waals surface area (Å²) in [6.45, 7) is 5.40. The minimum atomic E-state index is -0.223. The smallest absolute Gasteiger partial charge is 0.306 e. The highest BCUT2D eigenvalue weighted by Crippen LogP contribution is 2.04. The molecule has 0 saturated carbocycles. The van der Waals surface area contributed by atoms with Gasteiger partial charge in [0.1, 0.15) is 6.29 Å². The fraction of sp³-hybridized carbons (Fsp3) is 0.778. The highest BCUT2D eigenvalue weighted by molar-refractivity contribution is 5.70. The third-order valence-electron chi connectivity index (χ3n) is 1.40. The molecule has 70 valence electrons. The summed E-state index contributed by atoms with van der Waals surface area (Å²) in [7, 11) is 0. The van der Waals surface area contributed by atoms with Gasteiger partial charge in [-0.15, -0.1) is 0 Å². The van der Waals surface area contributed by atoms with E-state index < -0.39 is 0 Å². The van der Waals surface area contributed by atoms with Gasteiger partial charge in [0.2, 0.25) is 0 Å². The molecule has 1 unspecified atom stereocenters. The van der Waals surface area contributed by atoms with Gasteiger partial charge in [-0.05, 0) is 20.3 Å². The predicted molar refractivity (Wildman–Crippen MR) is 45.7 cm³/mol. The van der Waals surface area contributed by atoms with Crippen LogP contribution in [-0.2, 0) is 14.3 Å². The lowest BCUT2D eigenvalue weighted by Gasteiger charge is -2.07. The molecule has 0 bridgehead atoms. The van der Waals surface area contributed by atoms with E-state index in [0.29, 0.717) is 12.8 Å². The lowest BCUT2D eigenvalue weighted by atomic mass is 10.1. The lowest BCUT2D eigenvalue weighted by Crippen LogP contribution is -2.12. The zero-order valence-electron chi connectivity index (χ0n) is 7.87. The van der Waals surface area contributed by atoms with Crippen molar-refractivity contribution in [3.05, 3.63) is 0 Å². The maximum atomic E-state index is 10.9. The third kappa shape index (κ3) is 5.89. The van der Waals surface area contributed by atoms with Crippen molar-refractivity contribution < 1.29 is 14.3 Å². The van der Waals surface area contributed by atoms with Crippen molar-refractivity contribution in [3.63, 3.8) is 0 Å². The van der Waals surface area contributed by atoms with Gasteiger partial charge < -0.3 is 9.53 Å². The van der Waals surface area contributed by atoms with E-state index in [-0.39, 0.29) is 18.0 Å². The first-order valence-electron chi connectivity index (χ1n) is 4.21. The molecule has 12 heavy (non-hydrogen) atoms. The van der Waals surface area contributed by atoms with Crippen LogP contribution in [0, 0.1) is 5.92 Å². The van der Waals surface area contributed by atoms with Gasteiger partial charge in [0.05, 0.1) is 6.10 Å². The van der Waals surface area contributed by atoms with Crippen LogP contribution >= 0.6 is 0 Å². The van der Waals surface area contributed by atoms with Crippen molar-refractivity contribution in [2.45, 2.75) is 39.7 Å². The SMILES string of the molecule is CC(C=O)CCC(=O)OC(C)C. The molecule has 3 heteroatoms. The van der Waals surface area contributed by atoms with Crippen LogP contribution in [0.5, 0.6) is 0 Å². The summed E-state index contributed by atoms with van der Waals surface area (Å²) in [6, 6.07) is 0. The van der Waals surface area contributed by atoms with Crippen LogP contribution in [0.2, 0.25) is 0 Å². The summed E-state index contributed by atoms with van der Waals surface area (Å²) in [5.41, 5.74) is 0. The number of ether oxygens (including phenoxy) is 1. The van der Waals surface area contributed by atoms with Gasteiger partial charge in [-0.2, -0.15) is 0 Å². The van der Waals surface area contributed by atoms with E-state index in [0.717, 1.165) is 6.29 Å². The summed E-state index contributed by atoms with van der Waals surface area (Å²) in [6.07, 6.45) is 1.69. The molecule has 0 aromatic rings. The molecule has 0 aliphatic rings. The molecule has 0 aliphatic heterocycles. The molecule has 0 spiro atoms. The molecule has 0 heterocycles. The first kappa shape index (κ1) is 11.1. The Balaban J connectivity index is 3.50. The van der Waals surface area contributed by atoms with Crippen LogP contribution in [0.25, 0.3) is 0 Å². The summed E-state index contributed by atoms with van der Waals surface area (Å²) in [4.78, 5) is 21.1. The Bertz CT molecular complexity index is 152. The molecule has 0 aromatic heterocycles. The fourth-order valence-corrected chi connectivity index (χ4v) is 0.735. The van der Waals surface area contributed by atoms with Crippen LogP contribution < -0.4 is 0 Å². The topological polar surface area (TPSA) is 43.4 Å². The van der Waals surface area contributed by atoms with Crippen molar-refractivity contribution in [1.82, 2.24) is 0 Å². The number of carbonyl (C=O) groups is 2. The minimum Gasteiger partial charge on any atom is -0.463 e. The predicted octanol–water partition coefficient (Wildman–Crippen LogP) is 1.55. The molecule has 0 saturated heterocycles. The Morgan fingerprint density at radius 1 is 1.42 bits per heavy atom. The van der Waals surface area contributed by atoms with E-state index in [1.165, 1.54) is 0 Å². The fourth-order valence-electron chi connectivity index (χ4n) is 0.735. The second-order valence-corrected chi connectivity index (χ2v) is 3.19. The van der Waals surface area contributed by atoms with E-state index in [4.69, 9.17) is 4.74 Å². The van der Waals surface area contributed by atoms with E-state index in [2.05, 4.69) is 0 Å². The number of hydrogen-bond acceptors (Lipinski definition) is 3. The maximum Gasteiger partial charge on any atom is 0.306 e. The molecule has 0 radical (unpaired) electrons. The number of hydrogen-bond donors (Lipinski definition) is 0. The van der Waals surface area contributed by atoms with Gasteiger partial charge in [0, 0.05) is 12.3 Å². The van der Waals surface area contributed by atoms with E-state index in [9.17, 15) is 9.59 Å². The molecule has 0 N–H and O–H groups in total. The maximum absolute atomic E-state index is 10.9. The first-order chi connectivity index (χ1) is 5.56. The van der Waals surface area contributed by atoms with E-state index in [1.807, 2.05) is 0 Å². The largest absolute Gasteiger partial charge is 0.463 e. The average Bonchev–Trinajstić information content (AvgIpc) is 1.99. The van der Waals surface area contributed by atoms with Gasteiger partial charge in [0.15, 0.2) is 0 Å². The average molecular weight is 172 g/mol. The van der Waals surface area contributed by atoms with Crippen LogP contribution in [0.4, 0.5) is 0 Å². The van der Waals surface area contributed by atoms with Crippen molar-refractivity contribution in [2.75, 3.05) is 0 Å². The number of esters is 1. The van der Waals surface area contributed by atoms with Crippen molar-refractivity contribution in [3.8, 4) is 0 Å². The minimum absolute atomic E-state index is 0.0512. The second kappa shape index (κ2) is 5.75. The van der Waals surface area contributed by atoms with Gasteiger partial charge in [-0.1, -0.05) is 6.92 Å². The normalized spacial score (nSPS) is 12.7. The molecule has 3 nitrogen and oxygen atoms in total. The molecule has 1 atom stereocenters. The van der Waals surface area contributed by atoms with Gasteiger partial charge in [-0.3, -0.25) is 4.79 Å². The Hall–Kier alpha value is -0.860. The monoisotopic (exact) mass is 172 g/mol. The number of aldehydes is 1. The molecular weight excluding hydrogens is 156 g/mol. The molecule has 0 rings (SSSR count). The molecule has 0 aliphatic carbocycles. The third-order valence-corrected chi connectivity index (χ3v) is 1.40. The highest BCUT2D eigenvalue weighted by atomic mass is 16.5. The van der Waals surface area contributed by atoms with Crippen molar-refractivity contribution in [2.24, 2.45) is 5.92 Å². The summed E-state index contributed by atoms with van der Waals surface area (Å²) < 4.78 is 4.89. The Labute approximate surface area is 73.1 Å². The van der Waals surface area contributed by atoms with Crippen molar-refractivity contribution in [1.29, 1.82) is 0 Å². The summed E-state index contributed by atoms with van der Waals surface area (Å²) in [5.74, 6) is -0.275. The zero-order valence-corrected chi connectivity index (χ0v) is 7.87. The second-order valence-electron chi connectivity index (χ2n) is 3.19. The highest BCUT2D eigenvalue weighted by Gasteiger charge is 2.07. The van der Waals surface area contributed by atoms with Gasteiger partial charge in [0.25, 0.3) is 0 Å². The zero-order chi connectivity index (χ0) is 9.56. The van der Waals surface area contributed by atoms with Crippen molar-refractivity contribution >= 4 is 12.3 Å². The number of carbonyl (C=O) groups excluding carboxylic acids is 2.